The van der Waals surface area contributed by atoms with Gasteiger partial charge in [-0.1, -0.05) is 46.4 Å². The molecule has 32 heavy (non-hydrogen) atoms. The molecule has 2 heterocycles. The SMILES string of the molecule is O=c1[nH]c2c(Cl)ccc(Cl)c2c(=O)cc1O.O=c1[nH]c2cc(Cl)c(Cl)cc2c(=O)cc1O. The summed E-state index contributed by atoms with van der Waals surface area (Å²) >= 11 is 23.2. The number of benzene rings is 2. The quantitative estimate of drug-likeness (QED) is 0.281. The minimum Gasteiger partial charge on any atom is -0.503 e. The zero-order valence-electron chi connectivity index (χ0n) is 15.5. The summed E-state index contributed by atoms with van der Waals surface area (Å²) in [4.78, 5) is 50.5. The van der Waals surface area contributed by atoms with Crippen LogP contribution in [0.3, 0.4) is 0 Å². The number of fused-ring (bicyclic) bond motifs is 2. The minimum absolute atomic E-state index is 0.0755. The molecule has 0 saturated heterocycles. The molecule has 0 unspecified atom stereocenters. The number of aromatic hydroxyl groups is 2. The molecule has 0 fully saturated rings. The topological polar surface area (TPSA) is 140 Å². The number of H-pyrrole nitrogens is 2. The second-order valence-corrected chi connectivity index (χ2v) is 7.92. The number of nitrogens with one attached hydrogen (secondary N) is 2. The highest BCUT2D eigenvalue weighted by atomic mass is 35.5. The Balaban J connectivity index is 0.000000181. The van der Waals surface area contributed by atoms with Crippen molar-refractivity contribution in [1.82, 2.24) is 9.97 Å². The first-order valence-electron chi connectivity index (χ1n) is 8.49. The Labute approximate surface area is 197 Å². The normalized spacial score (nSPS) is 10.6. The Kier molecular flexibility index (Phi) is 6.80. The number of halogens is 4. The van der Waals surface area contributed by atoms with Crippen molar-refractivity contribution in [3.8, 4) is 11.5 Å². The van der Waals surface area contributed by atoms with E-state index >= 15 is 0 Å². The van der Waals surface area contributed by atoms with Crippen molar-refractivity contribution >= 4 is 68.2 Å². The third kappa shape index (κ3) is 4.73. The Hall–Kier alpha value is -3.04. The van der Waals surface area contributed by atoms with Crippen LogP contribution in [0, 0.1) is 0 Å². The van der Waals surface area contributed by atoms with Gasteiger partial charge in [0, 0.05) is 17.5 Å². The smallest absolute Gasteiger partial charge is 0.290 e. The van der Waals surface area contributed by atoms with Gasteiger partial charge in [0.15, 0.2) is 22.4 Å². The molecule has 0 spiro atoms. The van der Waals surface area contributed by atoms with Crippen molar-refractivity contribution in [3.63, 3.8) is 0 Å². The van der Waals surface area contributed by atoms with Crippen LogP contribution < -0.4 is 22.0 Å². The van der Waals surface area contributed by atoms with E-state index in [1.165, 1.54) is 24.3 Å². The van der Waals surface area contributed by atoms with E-state index in [-0.39, 0.29) is 41.9 Å². The highest BCUT2D eigenvalue weighted by molar-refractivity contribution is 6.42. The molecule has 12 heteroatoms. The van der Waals surface area contributed by atoms with Gasteiger partial charge in [0.05, 0.1) is 36.5 Å². The van der Waals surface area contributed by atoms with Crippen LogP contribution in [0.2, 0.25) is 20.1 Å². The first-order chi connectivity index (χ1) is 15.0. The van der Waals surface area contributed by atoms with Gasteiger partial charge in [-0.3, -0.25) is 19.2 Å². The largest absolute Gasteiger partial charge is 0.503 e. The van der Waals surface area contributed by atoms with E-state index in [1.54, 1.807) is 0 Å². The second kappa shape index (κ2) is 9.22. The van der Waals surface area contributed by atoms with Gasteiger partial charge in [-0.05, 0) is 24.3 Å². The van der Waals surface area contributed by atoms with Crippen LogP contribution >= 0.6 is 46.4 Å². The average Bonchev–Trinajstić information content (AvgIpc) is 2.90. The maximum absolute atomic E-state index is 11.7. The fraction of sp³-hybridized carbons (Fsp3) is 0. The summed E-state index contributed by atoms with van der Waals surface area (Å²) in [7, 11) is 0. The van der Waals surface area contributed by atoms with Crippen LogP contribution in [-0.2, 0) is 0 Å². The molecule has 4 aromatic rings. The summed E-state index contributed by atoms with van der Waals surface area (Å²) in [6.07, 6.45) is 0. The van der Waals surface area contributed by atoms with E-state index in [4.69, 9.17) is 46.4 Å². The van der Waals surface area contributed by atoms with Crippen molar-refractivity contribution < 1.29 is 10.2 Å². The van der Waals surface area contributed by atoms with Crippen molar-refractivity contribution in [2.24, 2.45) is 0 Å². The Morgan fingerprint density at radius 3 is 1.81 bits per heavy atom. The molecular formula is C20H10Cl4N2O6. The van der Waals surface area contributed by atoms with Gasteiger partial charge in [-0.2, -0.15) is 0 Å². The van der Waals surface area contributed by atoms with E-state index in [9.17, 15) is 29.4 Å². The van der Waals surface area contributed by atoms with Crippen LogP contribution in [-0.4, -0.2) is 20.2 Å². The molecule has 0 atom stereocenters. The maximum Gasteiger partial charge on any atom is 0.290 e. The molecule has 164 valence electrons. The molecular weight excluding hydrogens is 506 g/mol. The number of aromatic amines is 2. The molecule has 4 rings (SSSR count). The molecule has 0 bridgehead atoms. The molecule has 4 N–H and O–H groups in total. The molecule has 2 aromatic heterocycles. The summed E-state index contributed by atoms with van der Waals surface area (Å²) in [5.74, 6) is -1.32. The van der Waals surface area contributed by atoms with Crippen LogP contribution in [0.1, 0.15) is 0 Å². The first-order valence-corrected chi connectivity index (χ1v) is 10.0. The summed E-state index contributed by atoms with van der Waals surface area (Å²) < 4.78 is 0. The van der Waals surface area contributed by atoms with Gasteiger partial charge in [-0.25, -0.2) is 0 Å². The predicted octanol–water partition coefficient (Wildman–Crippen LogP) is 3.80. The van der Waals surface area contributed by atoms with Gasteiger partial charge < -0.3 is 20.2 Å². The average molecular weight is 516 g/mol. The highest BCUT2D eigenvalue weighted by Gasteiger charge is 2.09. The molecule has 0 amide bonds. The van der Waals surface area contributed by atoms with Gasteiger partial charge in [0.1, 0.15) is 0 Å². The number of aromatic nitrogens is 2. The van der Waals surface area contributed by atoms with E-state index in [2.05, 4.69) is 9.97 Å². The van der Waals surface area contributed by atoms with Crippen molar-refractivity contribution in [1.29, 1.82) is 0 Å². The Bertz CT molecular complexity index is 1630. The number of hydrogen-bond acceptors (Lipinski definition) is 6. The summed E-state index contributed by atoms with van der Waals surface area (Å²) in [6, 6.07) is 7.26. The number of hydrogen-bond donors (Lipinski definition) is 4. The van der Waals surface area contributed by atoms with Gasteiger partial charge >= 0.3 is 0 Å². The Morgan fingerprint density at radius 2 is 1.16 bits per heavy atom. The minimum atomic E-state index is -0.795. The Morgan fingerprint density at radius 1 is 0.625 bits per heavy atom. The predicted molar refractivity (Wildman–Crippen MR) is 125 cm³/mol. The first kappa shape index (κ1) is 23.6. The standard InChI is InChI=1S/2C10H5Cl2NO3/c11-5-1-4-7(2-6(5)12)13-10(16)9(15)3-8(4)14;11-4-1-2-5(12)9-8(4)6(14)3-7(15)10(16)13-9/h2*1-3,15H,(H,13,16). The van der Waals surface area contributed by atoms with Crippen molar-refractivity contribution in [2.45, 2.75) is 0 Å². The fourth-order valence-corrected chi connectivity index (χ4v) is 3.44. The van der Waals surface area contributed by atoms with E-state index in [0.29, 0.717) is 0 Å². The lowest BCUT2D eigenvalue weighted by molar-refractivity contribution is 0.467. The zero-order chi connectivity index (χ0) is 23.7. The lowest BCUT2D eigenvalue weighted by atomic mass is 10.2. The lowest BCUT2D eigenvalue weighted by Gasteiger charge is -1.97. The van der Waals surface area contributed by atoms with Crippen LogP contribution in [0.5, 0.6) is 11.5 Å². The number of rotatable bonds is 0. The van der Waals surface area contributed by atoms with Gasteiger partial charge in [-0.15, -0.1) is 0 Å². The third-order valence-electron chi connectivity index (χ3n) is 4.16. The highest BCUT2D eigenvalue weighted by Crippen LogP contribution is 2.25. The molecule has 0 radical (unpaired) electrons. The van der Waals surface area contributed by atoms with Gasteiger partial charge in [0.25, 0.3) is 11.1 Å². The van der Waals surface area contributed by atoms with E-state index in [0.717, 1.165) is 12.1 Å². The third-order valence-corrected chi connectivity index (χ3v) is 5.52. The molecule has 8 nitrogen and oxygen atoms in total. The van der Waals surface area contributed by atoms with Crippen molar-refractivity contribution in [3.05, 3.63) is 97.6 Å². The van der Waals surface area contributed by atoms with Gasteiger partial charge in [0.2, 0.25) is 0 Å². The summed E-state index contributed by atoms with van der Waals surface area (Å²) in [5.41, 5.74) is -2.29. The van der Waals surface area contributed by atoms with Crippen LogP contribution in [0.15, 0.2) is 55.6 Å². The second-order valence-electron chi connectivity index (χ2n) is 6.29. The van der Waals surface area contributed by atoms with Crippen LogP contribution in [0.25, 0.3) is 21.8 Å². The summed E-state index contributed by atoms with van der Waals surface area (Å²) in [6.45, 7) is 0. The molecule has 0 aliphatic heterocycles. The lowest BCUT2D eigenvalue weighted by Crippen LogP contribution is -2.00. The molecule has 0 aliphatic rings. The molecule has 2 aromatic carbocycles. The van der Waals surface area contributed by atoms with E-state index in [1.807, 2.05) is 0 Å². The zero-order valence-corrected chi connectivity index (χ0v) is 18.5. The van der Waals surface area contributed by atoms with E-state index < -0.39 is 33.5 Å². The maximum atomic E-state index is 11.7. The van der Waals surface area contributed by atoms with Crippen molar-refractivity contribution in [2.75, 3.05) is 0 Å². The fourth-order valence-electron chi connectivity index (χ4n) is 2.66. The summed E-state index contributed by atoms with van der Waals surface area (Å²) in [5, 5.41) is 19.5. The molecule has 0 aliphatic carbocycles. The molecule has 0 saturated carbocycles. The van der Waals surface area contributed by atoms with Crippen LogP contribution in [0.4, 0.5) is 0 Å². The monoisotopic (exact) mass is 514 g/mol.